The van der Waals surface area contributed by atoms with Crippen molar-refractivity contribution in [2.45, 2.75) is 173 Å². The van der Waals surface area contributed by atoms with Crippen molar-refractivity contribution in [3.05, 3.63) is 0 Å². The molecule has 0 aromatic heterocycles. The molecule has 260 valence electrons. The van der Waals surface area contributed by atoms with Crippen molar-refractivity contribution in [3.8, 4) is 0 Å². The molecule has 0 spiro atoms. The van der Waals surface area contributed by atoms with E-state index in [1.165, 1.54) is 77.6 Å². The van der Waals surface area contributed by atoms with E-state index in [0.29, 0.717) is 6.42 Å². The van der Waals surface area contributed by atoms with Crippen LogP contribution in [0.1, 0.15) is 155 Å². The topological polar surface area (TPSA) is 199 Å². The number of carbonyl (C=O) groups excluding carboxylic acids is 3. The Kier molecular flexibility index (Phi) is 25.2. The van der Waals surface area contributed by atoms with Crippen LogP contribution in [0.4, 0.5) is 0 Å². The lowest BCUT2D eigenvalue weighted by Gasteiger charge is -2.19. The SMILES string of the molecule is CCCCCCCCCCCCCCCCCC(=O)N[C@@H](C)C(=O)N[C@H](CCC(=O)NC(CCCCC(=O)O)C(=O)O)C(=O)O. The summed E-state index contributed by atoms with van der Waals surface area (Å²) < 4.78 is 0. The zero-order valence-electron chi connectivity index (χ0n) is 27.6. The van der Waals surface area contributed by atoms with Crippen LogP contribution in [0.3, 0.4) is 0 Å². The first-order valence-electron chi connectivity index (χ1n) is 17.0. The number of carboxylic acids is 3. The molecule has 12 heteroatoms. The van der Waals surface area contributed by atoms with Gasteiger partial charge in [0.05, 0.1) is 0 Å². The van der Waals surface area contributed by atoms with Gasteiger partial charge in [0.1, 0.15) is 18.1 Å². The summed E-state index contributed by atoms with van der Waals surface area (Å²) >= 11 is 0. The molecule has 0 fully saturated rings. The van der Waals surface area contributed by atoms with E-state index in [9.17, 15) is 39.0 Å². The zero-order valence-corrected chi connectivity index (χ0v) is 27.6. The number of aliphatic carboxylic acids is 3. The molecule has 0 aliphatic carbocycles. The second-order valence-corrected chi connectivity index (χ2v) is 12.0. The Morgan fingerprint density at radius 3 is 1.38 bits per heavy atom. The van der Waals surface area contributed by atoms with Gasteiger partial charge in [0.25, 0.3) is 0 Å². The van der Waals surface area contributed by atoms with Crippen LogP contribution in [-0.2, 0) is 28.8 Å². The summed E-state index contributed by atoms with van der Waals surface area (Å²) in [6, 6.07) is -3.60. The van der Waals surface area contributed by atoms with Gasteiger partial charge in [-0.3, -0.25) is 19.2 Å². The third-order valence-electron chi connectivity index (χ3n) is 7.82. The fraction of sp³-hybridized carbons (Fsp3) is 0.818. The first-order valence-corrected chi connectivity index (χ1v) is 17.0. The van der Waals surface area contributed by atoms with Crippen molar-refractivity contribution in [1.29, 1.82) is 0 Å². The van der Waals surface area contributed by atoms with Crippen molar-refractivity contribution in [2.24, 2.45) is 0 Å². The summed E-state index contributed by atoms with van der Waals surface area (Å²) in [6.45, 7) is 3.69. The minimum absolute atomic E-state index is 0.0318. The van der Waals surface area contributed by atoms with Crippen molar-refractivity contribution in [1.82, 2.24) is 16.0 Å². The molecule has 3 atom stereocenters. The number of unbranched alkanes of at least 4 members (excludes halogenated alkanes) is 15. The number of carboxylic acid groups (broad SMARTS) is 3. The summed E-state index contributed by atoms with van der Waals surface area (Å²) in [5, 5.41) is 34.7. The third kappa shape index (κ3) is 24.8. The molecule has 3 amide bonds. The minimum Gasteiger partial charge on any atom is -0.481 e. The fourth-order valence-electron chi connectivity index (χ4n) is 5.01. The maximum Gasteiger partial charge on any atom is 0.326 e. The number of carbonyl (C=O) groups is 6. The highest BCUT2D eigenvalue weighted by molar-refractivity contribution is 5.90. The number of nitrogens with one attached hydrogen (secondary N) is 3. The van der Waals surface area contributed by atoms with E-state index >= 15 is 0 Å². The van der Waals surface area contributed by atoms with Crippen molar-refractivity contribution >= 4 is 35.6 Å². The van der Waals surface area contributed by atoms with Gasteiger partial charge in [0.2, 0.25) is 17.7 Å². The van der Waals surface area contributed by atoms with Crippen LogP contribution < -0.4 is 16.0 Å². The number of hydrogen-bond acceptors (Lipinski definition) is 6. The molecule has 0 saturated carbocycles. The van der Waals surface area contributed by atoms with Gasteiger partial charge < -0.3 is 31.3 Å². The van der Waals surface area contributed by atoms with Gasteiger partial charge in [-0.05, 0) is 32.6 Å². The molecular weight excluding hydrogens is 582 g/mol. The summed E-state index contributed by atoms with van der Waals surface area (Å²) in [7, 11) is 0. The molecule has 0 aliphatic heterocycles. The van der Waals surface area contributed by atoms with E-state index in [0.717, 1.165) is 19.3 Å². The summed E-state index contributed by atoms with van der Waals surface area (Å²) in [5.74, 6) is -5.34. The first-order chi connectivity index (χ1) is 21.5. The number of hydrogen-bond donors (Lipinski definition) is 6. The lowest BCUT2D eigenvalue weighted by atomic mass is 10.0. The van der Waals surface area contributed by atoms with Crippen LogP contribution >= 0.6 is 0 Å². The fourth-order valence-corrected chi connectivity index (χ4v) is 5.01. The second kappa shape index (κ2) is 27.2. The summed E-state index contributed by atoms with van der Waals surface area (Å²) in [5.41, 5.74) is 0. The molecule has 45 heavy (non-hydrogen) atoms. The summed E-state index contributed by atoms with van der Waals surface area (Å²) in [4.78, 5) is 70.7. The number of rotatable bonds is 30. The Morgan fingerprint density at radius 2 is 0.911 bits per heavy atom. The molecule has 0 aromatic carbocycles. The standard InChI is InChI=1S/C33H59N3O9/c1-3-4-5-6-7-8-9-10-11-12-13-14-15-16-17-21-28(37)34-25(2)31(41)36-27(33(44)45)23-24-29(38)35-26(32(42)43)20-18-19-22-30(39)40/h25-27H,3-24H2,1-2H3,(H,34,37)(H,35,38)(H,36,41)(H,39,40)(H,42,43)(H,44,45)/t25-,26?,27+/m0/s1. The molecule has 12 nitrogen and oxygen atoms in total. The zero-order chi connectivity index (χ0) is 33.9. The van der Waals surface area contributed by atoms with Crippen molar-refractivity contribution < 1.29 is 44.1 Å². The number of amides is 3. The molecule has 0 aromatic rings. The predicted octanol–water partition coefficient (Wildman–Crippen LogP) is 5.32. The highest BCUT2D eigenvalue weighted by Gasteiger charge is 2.26. The largest absolute Gasteiger partial charge is 0.481 e. The smallest absolute Gasteiger partial charge is 0.326 e. The van der Waals surface area contributed by atoms with Gasteiger partial charge in [0.15, 0.2) is 0 Å². The van der Waals surface area contributed by atoms with E-state index in [2.05, 4.69) is 22.9 Å². The Bertz CT molecular complexity index is 881. The second-order valence-electron chi connectivity index (χ2n) is 12.0. The van der Waals surface area contributed by atoms with E-state index in [4.69, 9.17) is 5.11 Å². The molecule has 0 rings (SSSR count). The predicted molar refractivity (Wildman–Crippen MR) is 172 cm³/mol. The van der Waals surface area contributed by atoms with E-state index in [-0.39, 0.29) is 50.9 Å². The lowest BCUT2D eigenvalue weighted by molar-refractivity contribution is -0.143. The Labute approximate surface area is 268 Å². The molecule has 0 aliphatic rings. The normalized spacial score (nSPS) is 12.9. The van der Waals surface area contributed by atoms with Crippen LogP contribution in [0.25, 0.3) is 0 Å². The highest BCUT2D eigenvalue weighted by Crippen LogP contribution is 2.14. The van der Waals surface area contributed by atoms with Gasteiger partial charge >= 0.3 is 17.9 Å². The van der Waals surface area contributed by atoms with Crippen molar-refractivity contribution in [3.63, 3.8) is 0 Å². The maximum atomic E-state index is 12.5. The Morgan fingerprint density at radius 1 is 0.489 bits per heavy atom. The van der Waals surface area contributed by atoms with Crippen LogP contribution in [0, 0.1) is 0 Å². The highest BCUT2D eigenvalue weighted by atomic mass is 16.4. The van der Waals surface area contributed by atoms with Gasteiger partial charge in [-0.1, -0.05) is 103 Å². The average molecular weight is 642 g/mol. The Hall–Kier alpha value is -3.18. The van der Waals surface area contributed by atoms with Crippen molar-refractivity contribution in [2.75, 3.05) is 0 Å². The lowest BCUT2D eigenvalue weighted by Crippen LogP contribution is -2.50. The third-order valence-corrected chi connectivity index (χ3v) is 7.82. The molecule has 0 saturated heterocycles. The van der Waals surface area contributed by atoms with Crippen LogP contribution in [0.5, 0.6) is 0 Å². The summed E-state index contributed by atoms with van der Waals surface area (Å²) in [6.07, 6.45) is 18.4. The van der Waals surface area contributed by atoms with Gasteiger partial charge in [-0.15, -0.1) is 0 Å². The van der Waals surface area contributed by atoms with Gasteiger partial charge in [0, 0.05) is 19.3 Å². The van der Waals surface area contributed by atoms with Crippen LogP contribution in [0.2, 0.25) is 0 Å². The molecule has 0 heterocycles. The van der Waals surface area contributed by atoms with Gasteiger partial charge in [-0.25, -0.2) is 9.59 Å². The quantitative estimate of drug-likeness (QED) is 0.0562. The first kappa shape index (κ1) is 41.8. The van der Waals surface area contributed by atoms with E-state index < -0.39 is 47.8 Å². The van der Waals surface area contributed by atoms with E-state index in [1.54, 1.807) is 0 Å². The van der Waals surface area contributed by atoms with Crippen LogP contribution in [-0.4, -0.2) is 69.1 Å². The molecule has 0 radical (unpaired) electrons. The Balaban J connectivity index is 4.15. The molecule has 6 N–H and O–H groups in total. The van der Waals surface area contributed by atoms with Gasteiger partial charge in [-0.2, -0.15) is 0 Å². The molecule has 0 bridgehead atoms. The molecular formula is C33H59N3O9. The van der Waals surface area contributed by atoms with Crippen LogP contribution in [0.15, 0.2) is 0 Å². The monoisotopic (exact) mass is 641 g/mol. The van der Waals surface area contributed by atoms with E-state index in [1.807, 2.05) is 0 Å². The maximum absolute atomic E-state index is 12.5. The molecule has 1 unspecified atom stereocenters. The average Bonchev–Trinajstić information content (AvgIpc) is 2.98. The minimum atomic E-state index is -1.41.